The highest BCUT2D eigenvalue weighted by atomic mass is 32.2. The molecule has 0 aliphatic heterocycles. The quantitative estimate of drug-likeness (QED) is 0.320. The van der Waals surface area contributed by atoms with Gasteiger partial charge in [-0.3, -0.25) is 13.9 Å². The molecule has 0 radical (unpaired) electrons. The number of hydrogen-bond donors (Lipinski definition) is 1. The highest BCUT2D eigenvalue weighted by Gasteiger charge is 2.34. The highest BCUT2D eigenvalue weighted by molar-refractivity contribution is 7.92. The summed E-state index contributed by atoms with van der Waals surface area (Å²) in [6.45, 7) is 7.54. The second-order valence-corrected chi connectivity index (χ2v) is 11.6. The highest BCUT2D eigenvalue weighted by Crippen LogP contribution is 2.32. The molecule has 0 aromatic heterocycles. The molecule has 0 aliphatic rings. The zero-order valence-corrected chi connectivity index (χ0v) is 25.3. The Balaban J connectivity index is 2.09. The predicted octanol–water partition coefficient (Wildman–Crippen LogP) is 4.46. The maximum Gasteiger partial charge on any atom is 0.264 e. The van der Waals surface area contributed by atoms with Crippen LogP contribution in [0.15, 0.2) is 71.6 Å². The summed E-state index contributed by atoms with van der Waals surface area (Å²) in [5.41, 5.74) is 3.15. The summed E-state index contributed by atoms with van der Waals surface area (Å²) in [4.78, 5) is 28.5. The topological polar surface area (TPSA) is 105 Å². The van der Waals surface area contributed by atoms with Gasteiger partial charge in [-0.05, 0) is 57.0 Å². The molecule has 0 bridgehead atoms. The average molecular weight is 582 g/mol. The van der Waals surface area contributed by atoms with E-state index in [9.17, 15) is 18.0 Å². The number of benzene rings is 3. The number of aryl methyl sites for hydroxylation is 2. The minimum absolute atomic E-state index is 0.0654. The molecule has 3 aromatic carbocycles. The van der Waals surface area contributed by atoms with Crippen LogP contribution < -0.4 is 19.1 Å². The van der Waals surface area contributed by atoms with Gasteiger partial charge in [0.15, 0.2) is 11.5 Å². The molecule has 3 rings (SSSR count). The number of anilines is 1. The number of methoxy groups -OCH3 is 2. The molecule has 2 amide bonds. The molecule has 41 heavy (non-hydrogen) atoms. The van der Waals surface area contributed by atoms with Crippen molar-refractivity contribution in [2.24, 2.45) is 0 Å². The molecule has 0 fully saturated rings. The van der Waals surface area contributed by atoms with E-state index in [1.165, 1.54) is 37.3 Å². The molecule has 0 saturated heterocycles. The summed E-state index contributed by atoms with van der Waals surface area (Å²) in [6, 6.07) is 18.1. The van der Waals surface area contributed by atoms with Crippen LogP contribution in [-0.4, -0.2) is 58.5 Å². The lowest BCUT2D eigenvalue weighted by Crippen LogP contribution is -2.52. The van der Waals surface area contributed by atoms with E-state index in [0.29, 0.717) is 24.4 Å². The number of carbonyl (C=O) groups excluding carboxylic acids is 2. The van der Waals surface area contributed by atoms with E-state index >= 15 is 0 Å². The number of amides is 2. The fraction of sp³-hybridized carbons (Fsp3) is 0.355. The first-order valence-corrected chi connectivity index (χ1v) is 14.9. The van der Waals surface area contributed by atoms with Crippen molar-refractivity contribution in [1.82, 2.24) is 10.2 Å². The van der Waals surface area contributed by atoms with Gasteiger partial charge in [-0.25, -0.2) is 8.42 Å². The van der Waals surface area contributed by atoms with Gasteiger partial charge in [-0.2, -0.15) is 0 Å². The normalized spacial score (nSPS) is 11.9. The van der Waals surface area contributed by atoms with Crippen molar-refractivity contribution in [2.45, 2.75) is 51.6 Å². The maximum absolute atomic E-state index is 14.1. The molecule has 1 atom stereocenters. The van der Waals surface area contributed by atoms with Gasteiger partial charge in [-0.1, -0.05) is 54.4 Å². The Labute approximate surface area is 243 Å². The molecule has 1 N–H and O–H groups in total. The third-order valence-corrected chi connectivity index (χ3v) is 8.52. The van der Waals surface area contributed by atoms with Crippen molar-refractivity contribution >= 4 is 27.5 Å². The lowest BCUT2D eigenvalue weighted by molar-refractivity contribution is -0.140. The molecule has 0 heterocycles. The van der Waals surface area contributed by atoms with Crippen LogP contribution in [0.2, 0.25) is 0 Å². The summed E-state index contributed by atoms with van der Waals surface area (Å²) in [5, 5.41) is 2.81. The molecule has 9 nitrogen and oxygen atoms in total. The van der Waals surface area contributed by atoms with Gasteiger partial charge in [0.25, 0.3) is 10.0 Å². The first-order valence-electron chi connectivity index (χ1n) is 13.5. The second kappa shape index (κ2) is 14.0. The van der Waals surface area contributed by atoms with Gasteiger partial charge in [0.2, 0.25) is 11.8 Å². The first kappa shape index (κ1) is 31.5. The standard InChI is InChI=1S/C31H39N3O6S/c1-7-27(31(36)32-8-2)33(20-24-13-9-22(3)10-14-24)30(35)21-34(25-15-11-23(4)12-16-25)41(37,38)26-17-18-28(39-5)29(19-26)40-6/h9-19,27H,7-8,20-21H2,1-6H3,(H,32,36). The molecule has 0 spiro atoms. The lowest BCUT2D eigenvalue weighted by atomic mass is 10.1. The number of ether oxygens (including phenoxy) is 2. The van der Waals surface area contributed by atoms with Crippen LogP contribution in [0.5, 0.6) is 11.5 Å². The largest absolute Gasteiger partial charge is 0.493 e. The number of hydrogen-bond acceptors (Lipinski definition) is 6. The number of nitrogens with one attached hydrogen (secondary N) is 1. The van der Waals surface area contributed by atoms with E-state index in [1.807, 2.05) is 52.0 Å². The van der Waals surface area contributed by atoms with Crippen LogP contribution in [0, 0.1) is 13.8 Å². The van der Waals surface area contributed by atoms with E-state index in [0.717, 1.165) is 21.0 Å². The summed E-state index contributed by atoms with van der Waals surface area (Å²) < 4.78 is 39.9. The number of sulfonamides is 1. The third-order valence-electron chi connectivity index (χ3n) is 6.75. The van der Waals surface area contributed by atoms with Crippen molar-refractivity contribution < 1.29 is 27.5 Å². The van der Waals surface area contributed by atoms with Crippen LogP contribution in [0.25, 0.3) is 0 Å². The Morgan fingerprint density at radius 1 is 0.854 bits per heavy atom. The summed E-state index contributed by atoms with van der Waals surface area (Å²) in [6.07, 6.45) is 0.358. The summed E-state index contributed by atoms with van der Waals surface area (Å²) in [7, 11) is -1.36. The molecular weight excluding hydrogens is 542 g/mol. The van der Waals surface area contributed by atoms with Gasteiger partial charge in [0.1, 0.15) is 12.6 Å². The van der Waals surface area contributed by atoms with E-state index in [1.54, 1.807) is 24.3 Å². The Morgan fingerprint density at radius 2 is 1.44 bits per heavy atom. The Kier molecular flexibility index (Phi) is 10.8. The Hall–Kier alpha value is -4.05. The third kappa shape index (κ3) is 7.58. The second-order valence-electron chi connectivity index (χ2n) is 9.69. The van der Waals surface area contributed by atoms with Crippen LogP contribution in [0.3, 0.4) is 0 Å². The van der Waals surface area contributed by atoms with E-state index in [4.69, 9.17) is 9.47 Å². The number of rotatable bonds is 13. The van der Waals surface area contributed by atoms with Crippen LogP contribution in [0.1, 0.15) is 37.0 Å². The Bertz CT molecular complexity index is 1440. The number of nitrogens with zero attached hydrogens (tertiary/aromatic N) is 2. The molecule has 1 unspecified atom stereocenters. The number of likely N-dealkylation sites (N-methyl/N-ethyl adjacent to an activating group) is 1. The molecule has 10 heteroatoms. The fourth-order valence-corrected chi connectivity index (χ4v) is 5.88. The van der Waals surface area contributed by atoms with Gasteiger partial charge >= 0.3 is 0 Å². The van der Waals surface area contributed by atoms with Crippen molar-refractivity contribution in [2.75, 3.05) is 31.6 Å². The van der Waals surface area contributed by atoms with E-state index in [-0.39, 0.29) is 23.1 Å². The summed E-state index contributed by atoms with van der Waals surface area (Å²) >= 11 is 0. The molecule has 0 saturated carbocycles. The zero-order valence-electron chi connectivity index (χ0n) is 24.5. The Morgan fingerprint density at radius 3 is 1.98 bits per heavy atom. The van der Waals surface area contributed by atoms with Crippen LogP contribution >= 0.6 is 0 Å². The SMILES string of the molecule is CCNC(=O)C(CC)N(Cc1ccc(C)cc1)C(=O)CN(c1ccc(C)cc1)S(=O)(=O)c1ccc(OC)c(OC)c1. The smallest absolute Gasteiger partial charge is 0.264 e. The minimum atomic E-state index is -4.24. The van der Waals surface area contributed by atoms with Crippen molar-refractivity contribution in [1.29, 1.82) is 0 Å². The molecule has 220 valence electrons. The maximum atomic E-state index is 14.1. The predicted molar refractivity (Wildman–Crippen MR) is 160 cm³/mol. The first-order chi connectivity index (χ1) is 19.5. The van der Waals surface area contributed by atoms with Gasteiger partial charge in [0.05, 0.1) is 24.8 Å². The average Bonchev–Trinajstić information content (AvgIpc) is 2.96. The van der Waals surface area contributed by atoms with Crippen molar-refractivity contribution in [3.8, 4) is 11.5 Å². The summed E-state index contributed by atoms with van der Waals surface area (Å²) in [5.74, 6) is -0.179. The zero-order chi connectivity index (χ0) is 30.2. The monoisotopic (exact) mass is 581 g/mol. The fourth-order valence-electron chi connectivity index (χ4n) is 4.45. The number of carbonyl (C=O) groups is 2. The van der Waals surface area contributed by atoms with Gasteiger partial charge in [-0.15, -0.1) is 0 Å². The van der Waals surface area contributed by atoms with Crippen LogP contribution in [0.4, 0.5) is 5.69 Å². The molecule has 0 aliphatic carbocycles. The van der Waals surface area contributed by atoms with E-state index < -0.39 is 28.5 Å². The van der Waals surface area contributed by atoms with Crippen molar-refractivity contribution in [3.05, 3.63) is 83.4 Å². The van der Waals surface area contributed by atoms with Crippen molar-refractivity contribution in [3.63, 3.8) is 0 Å². The lowest BCUT2D eigenvalue weighted by Gasteiger charge is -2.33. The van der Waals surface area contributed by atoms with Gasteiger partial charge in [0, 0.05) is 19.2 Å². The van der Waals surface area contributed by atoms with Crippen LogP contribution in [-0.2, 0) is 26.2 Å². The van der Waals surface area contributed by atoms with Gasteiger partial charge < -0.3 is 19.7 Å². The molecular formula is C31H39N3O6S. The minimum Gasteiger partial charge on any atom is -0.493 e. The van der Waals surface area contributed by atoms with E-state index in [2.05, 4.69) is 5.32 Å². The molecule has 3 aromatic rings.